The zero-order chi connectivity index (χ0) is 20.5. The maximum atomic E-state index is 14.1. The average Bonchev–Trinajstić information content (AvgIpc) is 3.36. The molecule has 1 aromatic carbocycles. The van der Waals surface area contributed by atoms with Gasteiger partial charge in [-0.25, -0.2) is 4.39 Å². The summed E-state index contributed by atoms with van der Waals surface area (Å²) in [4.78, 5) is 40.2. The Labute approximate surface area is 167 Å². The van der Waals surface area contributed by atoms with E-state index < -0.39 is 5.82 Å². The van der Waals surface area contributed by atoms with Gasteiger partial charge in [0, 0.05) is 38.2 Å². The fourth-order valence-corrected chi connectivity index (χ4v) is 3.89. The number of ketones is 1. The normalized spacial score (nSPS) is 18.7. The first kappa shape index (κ1) is 19.2. The van der Waals surface area contributed by atoms with E-state index in [1.165, 1.54) is 18.4 Å². The number of carbonyl (C=O) groups is 3. The summed E-state index contributed by atoms with van der Waals surface area (Å²) in [5, 5.41) is 0. The third kappa shape index (κ3) is 3.62. The van der Waals surface area contributed by atoms with Crippen molar-refractivity contribution >= 4 is 17.6 Å². The van der Waals surface area contributed by atoms with E-state index >= 15 is 0 Å². The number of benzene rings is 1. The lowest BCUT2D eigenvalue weighted by Gasteiger charge is -2.34. The predicted molar refractivity (Wildman–Crippen MR) is 100 cm³/mol. The van der Waals surface area contributed by atoms with Crippen molar-refractivity contribution in [1.29, 1.82) is 0 Å². The van der Waals surface area contributed by atoms with Crippen molar-refractivity contribution in [3.8, 4) is 5.75 Å². The first-order valence-electron chi connectivity index (χ1n) is 9.54. The van der Waals surface area contributed by atoms with Crippen LogP contribution in [0, 0.1) is 5.82 Å². The Hall–Kier alpha value is -3.16. The Morgan fingerprint density at radius 3 is 2.59 bits per heavy atom. The van der Waals surface area contributed by atoms with Gasteiger partial charge in [-0.15, -0.1) is 0 Å². The van der Waals surface area contributed by atoms with E-state index in [-0.39, 0.29) is 53.6 Å². The van der Waals surface area contributed by atoms with Gasteiger partial charge in [-0.2, -0.15) is 0 Å². The van der Waals surface area contributed by atoms with Crippen molar-refractivity contribution < 1.29 is 27.9 Å². The molecule has 1 aliphatic carbocycles. The van der Waals surface area contributed by atoms with Crippen molar-refractivity contribution in [2.24, 2.45) is 0 Å². The molecule has 1 saturated heterocycles. The van der Waals surface area contributed by atoms with Gasteiger partial charge in [-0.3, -0.25) is 14.4 Å². The largest absolute Gasteiger partial charge is 0.483 e. The number of rotatable bonds is 4. The molecule has 2 amide bonds. The number of ether oxygens (including phenoxy) is 1. The molecule has 4 rings (SSSR count). The molecule has 0 radical (unpaired) electrons. The summed E-state index contributed by atoms with van der Waals surface area (Å²) >= 11 is 0. The zero-order valence-electron chi connectivity index (χ0n) is 16.0. The minimum atomic E-state index is -0.422. The molecule has 0 bridgehead atoms. The molecule has 1 fully saturated rings. The van der Waals surface area contributed by atoms with E-state index in [0.717, 1.165) is 0 Å². The van der Waals surface area contributed by atoms with Crippen LogP contribution < -0.4 is 4.74 Å². The molecule has 0 unspecified atom stereocenters. The molecule has 0 spiro atoms. The Morgan fingerprint density at radius 2 is 1.90 bits per heavy atom. The second-order valence-electron chi connectivity index (χ2n) is 7.30. The Bertz CT molecular complexity index is 948. The number of hydrogen-bond acceptors (Lipinski definition) is 5. The number of carbonyl (C=O) groups excluding carboxylic acids is 3. The highest BCUT2D eigenvalue weighted by Crippen LogP contribution is 2.39. The van der Waals surface area contributed by atoms with Crippen molar-refractivity contribution in [3.63, 3.8) is 0 Å². The smallest absolute Gasteiger partial charge is 0.289 e. The minimum absolute atomic E-state index is 0.167. The molecule has 1 aliphatic heterocycles. The average molecular weight is 400 g/mol. The molecule has 2 aliphatic rings. The predicted octanol–water partition coefficient (Wildman–Crippen LogP) is 2.47. The van der Waals surface area contributed by atoms with Crippen LogP contribution in [-0.4, -0.2) is 60.2 Å². The van der Waals surface area contributed by atoms with Gasteiger partial charge in [0.25, 0.3) is 11.8 Å². The summed E-state index contributed by atoms with van der Waals surface area (Å²) in [6, 6.07) is 5.93. The molecule has 0 N–H and O–H groups in total. The summed E-state index contributed by atoms with van der Waals surface area (Å²) in [5.74, 6) is -0.710. The van der Waals surface area contributed by atoms with Gasteiger partial charge in [0.15, 0.2) is 18.2 Å². The molecule has 29 heavy (non-hydrogen) atoms. The van der Waals surface area contributed by atoms with E-state index in [4.69, 9.17) is 9.15 Å². The third-order valence-electron chi connectivity index (χ3n) is 5.42. The van der Waals surface area contributed by atoms with E-state index in [1.54, 1.807) is 28.9 Å². The van der Waals surface area contributed by atoms with Gasteiger partial charge in [0.05, 0.1) is 11.8 Å². The summed E-state index contributed by atoms with van der Waals surface area (Å²) in [7, 11) is 0. The van der Waals surface area contributed by atoms with Crippen molar-refractivity contribution in [2.45, 2.75) is 19.3 Å². The molecule has 1 atom stereocenters. The monoisotopic (exact) mass is 400 g/mol. The molecule has 0 saturated carbocycles. The van der Waals surface area contributed by atoms with E-state index in [1.807, 2.05) is 0 Å². The SMILES string of the molecule is C[C@H]1CC(=O)c2c(OCC(=O)N3CCN(C(=O)c4ccco4)CC3)ccc(F)c21. The lowest BCUT2D eigenvalue weighted by molar-refractivity contribution is -0.134. The number of furan rings is 1. The number of Topliss-reactive ketones (excluding diaryl/α,β-unsaturated/α-hetero) is 1. The molecule has 8 heteroatoms. The highest BCUT2D eigenvalue weighted by Gasteiger charge is 2.33. The molecule has 2 aromatic rings. The van der Waals surface area contributed by atoms with Crippen LogP contribution in [-0.2, 0) is 4.79 Å². The molecule has 152 valence electrons. The standard InChI is InChI=1S/C21H21FN2O5/c1-13-11-15(25)20-16(5-4-14(22)19(13)20)29-12-18(26)23-6-8-24(9-7-23)21(27)17-3-2-10-28-17/h2-5,10,13H,6-9,11-12H2,1H3/t13-/m0/s1. The third-order valence-corrected chi connectivity index (χ3v) is 5.42. The Morgan fingerprint density at radius 1 is 1.17 bits per heavy atom. The fraction of sp³-hybridized carbons (Fsp3) is 0.381. The lowest BCUT2D eigenvalue weighted by Crippen LogP contribution is -2.51. The molecule has 7 nitrogen and oxygen atoms in total. The summed E-state index contributed by atoms with van der Waals surface area (Å²) in [5.41, 5.74) is 0.615. The second kappa shape index (κ2) is 7.69. The van der Waals surface area contributed by atoms with Crippen molar-refractivity contribution in [1.82, 2.24) is 9.80 Å². The Balaban J connectivity index is 1.35. The van der Waals surface area contributed by atoms with Crippen LogP contribution >= 0.6 is 0 Å². The first-order chi connectivity index (χ1) is 14.0. The van der Waals surface area contributed by atoms with Crippen LogP contribution in [0.1, 0.15) is 45.7 Å². The van der Waals surface area contributed by atoms with Gasteiger partial charge >= 0.3 is 0 Å². The van der Waals surface area contributed by atoms with Crippen LogP contribution in [0.5, 0.6) is 5.75 Å². The van der Waals surface area contributed by atoms with E-state index in [2.05, 4.69) is 0 Å². The number of nitrogens with zero attached hydrogens (tertiary/aromatic N) is 2. The van der Waals surface area contributed by atoms with E-state index in [9.17, 15) is 18.8 Å². The number of fused-ring (bicyclic) bond motifs is 1. The van der Waals surface area contributed by atoms with Crippen LogP contribution in [0.3, 0.4) is 0 Å². The lowest BCUT2D eigenvalue weighted by atomic mass is 10.0. The second-order valence-corrected chi connectivity index (χ2v) is 7.30. The van der Waals surface area contributed by atoms with Crippen LogP contribution in [0.4, 0.5) is 4.39 Å². The maximum absolute atomic E-state index is 14.1. The highest BCUT2D eigenvalue weighted by atomic mass is 19.1. The number of piperazine rings is 1. The fourth-order valence-electron chi connectivity index (χ4n) is 3.89. The molecular weight excluding hydrogens is 379 g/mol. The molecule has 1 aromatic heterocycles. The quantitative estimate of drug-likeness (QED) is 0.788. The first-order valence-corrected chi connectivity index (χ1v) is 9.54. The van der Waals surface area contributed by atoms with Gasteiger partial charge in [-0.1, -0.05) is 6.92 Å². The van der Waals surface area contributed by atoms with Crippen LogP contribution in [0.15, 0.2) is 34.9 Å². The van der Waals surface area contributed by atoms with Gasteiger partial charge < -0.3 is 19.0 Å². The summed E-state index contributed by atoms with van der Waals surface area (Å²) in [6.45, 7) is 3.11. The number of hydrogen-bond donors (Lipinski definition) is 0. The summed E-state index contributed by atoms with van der Waals surface area (Å²) < 4.78 is 24.8. The molecular formula is C21H21FN2O5. The van der Waals surface area contributed by atoms with Gasteiger partial charge in [0.2, 0.25) is 0 Å². The van der Waals surface area contributed by atoms with Crippen molar-refractivity contribution in [3.05, 3.63) is 53.2 Å². The zero-order valence-corrected chi connectivity index (χ0v) is 16.0. The summed E-state index contributed by atoms with van der Waals surface area (Å²) in [6.07, 6.45) is 1.69. The maximum Gasteiger partial charge on any atom is 0.289 e. The molecule has 2 heterocycles. The van der Waals surface area contributed by atoms with Gasteiger partial charge in [0.1, 0.15) is 11.6 Å². The van der Waals surface area contributed by atoms with Crippen molar-refractivity contribution in [2.75, 3.05) is 32.8 Å². The number of halogens is 1. The van der Waals surface area contributed by atoms with Gasteiger partial charge in [-0.05, 0) is 30.2 Å². The topological polar surface area (TPSA) is 80.1 Å². The highest BCUT2D eigenvalue weighted by molar-refractivity contribution is 6.03. The van der Waals surface area contributed by atoms with Crippen LogP contribution in [0.25, 0.3) is 0 Å². The van der Waals surface area contributed by atoms with Crippen LogP contribution in [0.2, 0.25) is 0 Å². The minimum Gasteiger partial charge on any atom is -0.483 e. The number of amides is 2. The Kier molecular flexibility index (Phi) is 5.08. The van der Waals surface area contributed by atoms with E-state index in [0.29, 0.717) is 31.7 Å².